The van der Waals surface area contributed by atoms with Gasteiger partial charge >= 0.3 is 12.3 Å². The molecule has 0 bridgehead atoms. The molecule has 6 nitrogen and oxygen atoms in total. The van der Waals surface area contributed by atoms with Crippen LogP contribution in [-0.4, -0.2) is 28.4 Å². The third-order valence-corrected chi connectivity index (χ3v) is 6.06. The van der Waals surface area contributed by atoms with Crippen LogP contribution in [-0.2, 0) is 33.5 Å². The van der Waals surface area contributed by atoms with Crippen molar-refractivity contribution in [1.29, 1.82) is 0 Å². The van der Waals surface area contributed by atoms with Gasteiger partial charge < -0.3 is 10.1 Å². The van der Waals surface area contributed by atoms with Crippen molar-refractivity contribution < 1.29 is 32.3 Å². The van der Waals surface area contributed by atoms with Crippen molar-refractivity contribution in [2.24, 2.45) is 0 Å². The lowest BCUT2D eigenvalue weighted by molar-refractivity contribution is -0.150. The van der Waals surface area contributed by atoms with Gasteiger partial charge in [-0.1, -0.05) is 72.8 Å². The Morgan fingerprint density at radius 3 is 2.19 bits per heavy atom. The molecule has 1 fully saturated rings. The summed E-state index contributed by atoms with van der Waals surface area (Å²) in [6.07, 6.45) is -5.74. The van der Waals surface area contributed by atoms with E-state index in [-0.39, 0.29) is 18.5 Å². The number of carbonyl (C=O) groups is 3. The lowest BCUT2D eigenvalue weighted by atomic mass is 9.91. The zero-order chi connectivity index (χ0) is 25.9. The van der Waals surface area contributed by atoms with Crippen LogP contribution in [0.2, 0.25) is 0 Å². The summed E-state index contributed by atoms with van der Waals surface area (Å²) >= 11 is 0. The third kappa shape index (κ3) is 4.95. The van der Waals surface area contributed by atoms with Crippen LogP contribution < -0.4 is 5.32 Å². The van der Waals surface area contributed by atoms with Gasteiger partial charge in [0.05, 0.1) is 11.6 Å². The molecular weight excluding hydrogens is 473 g/mol. The predicted octanol–water partition coefficient (Wildman–Crippen LogP) is 5.04. The predicted molar refractivity (Wildman–Crippen MR) is 124 cm³/mol. The van der Waals surface area contributed by atoms with Crippen LogP contribution in [0.3, 0.4) is 0 Å². The number of nitrogens with zero attached hydrogens (tertiary/aromatic N) is 1. The Morgan fingerprint density at radius 2 is 1.56 bits per heavy atom. The average molecular weight is 496 g/mol. The number of benzene rings is 3. The molecule has 1 saturated heterocycles. The van der Waals surface area contributed by atoms with Gasteiger partial charge in [-0.25, -0.2) is 9.69 Å². The number of nitrogens with one attached hydrogen (secondary N) is 1. The smallest absolute Gasteiger partial charge is 0.418 e. The van der Waals surface area contributed by atoms with Crippen LogP contribution in [0.4, 0.5) is 18.0 Å². The molecule has 0 aliphatic carbocycles. The number of imide groups is 1. The zero-order valence-corrected chi connectivity index (χ0v) is 19.3. The van der Waals surface area contributed by atoms with Crippen molar-refractivity contribution in [2.75, 3.05) is 0 Å². The standard InChI is InChI=1S/C27H23F3N2O4/c1-18(21-12-6-3-7-13-21)32-24(34)26(36-25(32)35,16-19-9-4-2-5-10-19)23(33)31-17-20-11-8-14-22(15-20)27(28,29)30/h2-15,18H,16-17H2,1H3,(H,31,33)/t18-,26-/m1/s1. The van der Waals surface area contributed by atoms with Gasteiger partial charge in [-0.15, -0.1) is 0 Å². The minimum Gasteiger partial charge on any atom is -0.422 e. The number of halogens is 3. The van der Waals surface area contributed by atoms with E-state index in [1.54, 1.807) is 67.6 Å². The molecule has 1 heterocycles. The summed E-state index contributed by atoms with van der Waals surface area (Å²) in [7, 11) is 0. The molecule has 3 amide bonds. The molecule has 0 unspecified atom stereocenters. The lowest BCUT2D eigenvalue weighted by Crippen LogP contribution is -2.55. The maximum atomic E-state index is 13.7. The number of ether oxygens (including phenoxy) is 1. The van der Waals surface area contributed by atoms with Gasteiger partial charge in [-0.05, 0) is 35.7 Å². The maximum Gasteiger partial charge on any atom is 0.418 e. The van der Waals surface area contributed by atoms with Gasteiger partial charge in [0.25, 0.3) is 17.4 Å². The highest BCUT2D eigenvalue weighted by Crippen LogP contribution is 2.35. The molecule has 186 valence electrons. The molecule has 0 saturated carbocycles. The Labute approximate surface area is 205 Å². The lowest BCUT2D eigenvalue weighted by Gasteiger charge is -2.26. The third-order valence-electron chi connectivity index (χ3n) is 6.06. The number of hydrogen-bond donors (Lipinski definition) is 1. The van der Waals surface area contributed by atoms with Crippen molar-refractivity contribution in [3.8, 4) is 0 Å². The summed E-state index contributed by atoms with van der Waals surface area (Å²) in [6.45, 7) is 1.35. The van der Waals surface area contributed by atoms with E-state index >= 15 is 0 Å². The van der Waals surface area contributed by atoms with Crippen LogP contribution >= 0.6 is 0 Å². The first kappa shape index (κ1) is 25.0. The Morgan fingerprint density at radius 1 is 0.944 bits per heavy atom. The van der Waals surface area contributed by atoms with E-state index in [4.69, 9.17) is 4.74 Å². The van der Waals surface area contributed by atoms with Crippen LogP contribution in [0.1, 0.15) is 35.2 Å². The van der Waals surface area contributed by atoms with Gasteiger partial charge in [0.2, 0.25) is 0 Å². The Kier molecular flexibility index (Phi) is 6.83. The van der Waals surface area contributed by atoms with Crippen LogP contribution in [0.25, 0.3) is 0 Å². The Hall–Kier alpha value is -4.14. The first-order valence-corrected chi connectivity index (χ1v) is 11.2. The SMILES string of the molecule is C[C@H](c1ccccc1)N1C(=O)O[C@](Cc2ccccc2)(C(=O)NCc2cccc(C(F)(F)F)c2)C1=O. The van der Waals surface area contributed by atoms with Gasteiger partial charge in [-0.3, -0.25) is 9.59 Å². The summed E-state index contributed by atoms with van der Waals surface area (Å²) in [6, 6.07) is 21.2. The number of cyclic esters (lactones) is 1. The van der Waals surface area contributed by atoms with E-state index in [2.05, 4.69) is 5.32 Å². The fourth-order valence-electron chi connectivity index (χ4n) is 4.14. The summed E-state index contributed by atoms with van der Waals surface area (Å²) in [5, 5.41) is 2.50. The molecule has 36 heavy (non-hydrogen) atoms. The molecule has 1 N–H and O–H groups in total. The zero-order valence-electron chi connectivity index (χ0n) is 19.3. The van der Waals surface area contributed by atoms with E-state index in [1.807, 2.05) is 0 Å². The molecule has 1 aliphatic heterocycles. The fraction of sp³-hybridized carbons (Fsp3) is 0.222. The highest BCUT2D eigenvalue weighted by atomic mass is 19.4. The van der Waals surface area contributed by atoms with Crippen LogP contribution in [0.5, 0.6) is 0 Å². The van der Waals surface area contributed by atoms with Gasteiger partial charge in [0.15, 0.2) is 0 Å². The minimum absolute atomic E-state index is 0.180. The highest BCUT2D eigenvalue weighted by molar-refractivity contribution is 6.17. The van der Waals surface area contributed by atoms with E-state index in [0.29, 0.717) is 11.1 Å². The monoisotopic (exact) mass is 496 g/mol. The highest BCUT2D eigenvalue weighted by Gasteiger charge is 2.60. The summed E-state index contributed by atoms with van der Waals surface area (Å²) < 4.78 is 44.7. The fourth-order valence-corrected chi connectivity index (χ4v) is 4.14. The first-order valence-electron chi connectivity index (χ1n) is 11.2. The second-order valence-corrected chi connectivity index (χ2v) is 8.50. The molecule has 4 rings (SSSR count). The molecule has 1 aliphatic rings. The summed E-state index contributed by atoms with van der Waals surface area (Å²) in [5.74, 6) is -1.75. The molecule has 0 aromatic heterocycles. The number of amides is 3. The molecule has 9 heteroatoms. The van der Waals surface area contributed by atoms with Gasteiger partial charge in [0.1, 0.15) is 0 Å². The van der Waals surface area contributed by atoms with E-state index in [0.717, 1.165) is 17.0 Å². The molecule has 3 aromatic carbocycles. The van der Waals surface area contributed by atoms with Gasteiger partial charge in [-0.2, -0.15) is 13.2 Å². The maximum absolute atomic E-state index is 13.7. The van der Waals surface area contributed by atoms with E-state index in [9.17, 15) is 27.6 Å². The molecular formula is C27H23F3N2O4. The number of hydrogen-bond acceptors (Lipinski definition) is 4. The summed E-state index contributed by atoms with van der Waals surface area (Å²) in [4.78, 5) is 40.9. The minimum atomic E-state index is -4.54. The largest absolute Gasteiger partial charge is 0.422 e. The van der Waals surface area contributed by atoms with E-state index in [1.165, 1.54) is 12.1 Å². The topological polar surface area (TPSA) is 75.7 Å². The average Bonchev–Trinajstić information content (AvgIpc) is 3.12. The van der Waals surface area contributed by atoms with Crippen LogP contribution in [0.15, 0.2) is 84.9 Å². The van der Waals surface area contributed by atoms with Crippen LogP contribution in [0, 0.1) is 0 Å². The van der Waals surface area contributed by atoms with Crippen molar-refractivity contribution in [2.45, 2.75) is 37.7 Å². The van der Waals surface area contributed by atoms with Gasteiger partial charge in [0, 0.05) is 13.0 Å². The normalized spacial score (nSPS) is 18.6. The van der Waals surface area contributed by atoms with Crippen molar-refractivity contribution in [3.05, 3.63) is 107 Å². The molecule has 0 spiro atoms. The first-order chi connectivity index (χ1) is 17.1. The van der Waals surface area contributed by atoms with Crippen molar-refractivity contribution in [1.82, 2.24) is 10.2 Å². The second-order valence-electron chi connectivity index (χ2n) is 8.50. The Balaban J connectivity index is 1.63. The number of carbonyl (C=O) groups excluding carboxylic acids is 3. The second kappa shape index (κ2) is 9.85. The number of alkyl halides is 3. The summed E-state index contributed by atoms with van der Waals surface area (Å²) in [5.41, 5.74) is -1.65. The Bertz CT molecular complexity index is 1260. The molecule has 0 radical (unpaired) electrons. The van der Waals surface area contributed by atoms with E-state index < -0.39 is 41.3 Å². The quantitative estimate of drug-likeness (QED) is 0.465. The molecule has 2 atom stereocenters. The molecule has 3 aromatic rings. The van der Waals surface area contributed by atoms with Crippen molar-refractivity contribution >= 4 is 17.9 Å². The van der Waals surface area contributed by atoms with Crippen molar-refractivity contribution in [3.63, 3.8) is 0 Å². The number of rotatable bonds is 7.